The average molecular weight is 258 g/mol. The Labute approximate surface area is 107 Å². The van der Waals surface area contributed by atoms with Crippen LogP contribution in [0, 0.1) is 5.41 Å². The molecular formula is C12H22N2S2. The lowest BCUT2D eigenvalue weighted by Gasteiger charge is -2.31. The highest BCUT2D eigenvalue weighted by atomic mass is 32.2. The predicted molar refractivity (Wildman–Crippen MR) is 76.7 cm³/mol. The van der Waals surface area contributed by atoms with Crippen molar-refractivity contribution < 1.29 is 0 Å². The molecule has 0 bridgehead atoms. The van der Waals surface area contributed by atoms with Crippen LogP contribution in [0.15, 0.2) is 4.99 Å². The summed E-state index contributed by atoms with van der Waals surface area (Å²) in [5.74, 6) is 2.54. The highest BCUT2D eigenvalue weighted by molar-refractivity contribution is 8.13. The SMILES string of the molecule is CSCCCNC1=NCC2(CCCC2)CS1. The molecule has 1 spiro atoms. The third-order valence-corrected chi connectivity index (χ3v) is 5.54. The number of rotatable bonds is 4. The first-order chi connectivity index (χ1) is 7.85. The van der Waals surface area contributed by atoms with E-state index >= 15 is 0 Å². The Hall–Kier alpha value is 0.170. The van der Waals surface area contributed by atoms with E-state index in [-0.39, 0.29) is 0 Å². The monoisotopic (exact) mass is 258 g/mol. The van der Waals surface area contributed by atoms with Gasteiger partial charge < -0.3 is 5.32 Å². The fourth-order valence-corrected chi connectivity index (χ4v) is 4.11. The summed E-state index contributed by atoms with van der Waals surface area (Å²) in [6.07, 6.45) is 9.06. The fraction of sp³-hybridized carbons (Fsp3) is 0.917. The van der Waals surface area contributed by atoms with Crippen LogP contribution < -0.4 is 5.32 Å². The Balaban J connectivity index is 1.71. The molecule has 1 aliphatic heterocycles. The van der Waals surface area contributed by atoms with E-state index in [1.807, 2.05) is 23.5 Å². The van der Waals surface area contributed by atoms with Gasteiger partial charge >= 0.3 is 0 Å². The van der Waals surface area contributed by atoms with Crippen molar-refractivity contribution in [2.45, 2.75) is 32.1 Å². The standard InChI is InChI=1S/C12H22N2S2/c1-15-8-4-7-13-11-14-9-12(10-16-11)5-2-3-6-12/h2-10H2,1H3,(H,13,14). The van der Waals surface area contributed by atoms with Crippen molar-refractivity contribution in [3.63, 3.8) is 0 Å². The first-order valence-corrected chi connectivity index (χ1v) is 8.63. The molecule has 1 heterocycles. The molecule has 2 rings (SSSR count). The van der Waals surface area contributed by atoms with Gasteiger partial charge in [0.1, 0.15) is 0 Å². The molecule has 2 aliphatic rings. The summed E-state index contributed by atoms with van der Waals surface area (Å²) in [6, 6.07) is 0. The summed E-state index contributed by atoms with van der Waals surface area (Å²) in [5.41, 5.74) is 0.578. The van der Waals surface area contributed by atoms with Crippen molar-refractivity contribution in [1.82, 2.24) is 5.32 Å². The molecule has 0 aromatic carbocycles. The van der Waals surface area contributed by atoms with E-state index in [1.54, 1.807) is 0 Å². The Bertz CT molecular complexity index is 247. The maximum atomic E-state index is 4.72. The summed E-state index contributed by atoms with van der Waals surface area (Å²) < 4.78 is 0. The highest BCUT2D eigenvalue weighted by Gasteiger charge is 2.36. The van der Waals surface area contributed by atoms with Crippen molar-refractivity contribution in [1.29, 1.82) is 0 Å². The second kappa shape index (κ2) is 6.20. The number of hydrogen-bond acceptors (Lipinski definition) is 4. The highest BCUT2D eigenvalue weighted by Crippen LogP contribution is 2.43. The normalized spacial score (nSPS) is 23.4. The molecule has 0 amide bonds. The minimum absolute atomic E-state index is 0.578. The molecule has 1 fully saturated rings. The van der Waals surface area contributed by atoms with Gasteiger partial charge in [-0.2, -0.15) is 11.8 Å². The first-order valence-electron chi connectivity index (χ1n) is 6.25. The van der Waals surface area contributed by atoms with Crippen LogP contribution in [0.4, 0.5) is 0 Å². The topological polar surface area (TPSA) is 24.4 Å². The van der Waals surface area contributed by atoms with E-state index < -0.39 is 0 Å². The number of hydrogen-bond donors (Lipinski definition) is 1. The van der Waals surface area contributed by atoms with E-state index in [2.05, 4.69) is 11.6 Å². The quantitative estimate of drug-likeness (QED) is 0.785. The Kier molecular flexibility index (Phi) is 4.89. The van der Waals surface area contributed by atoms with Crippen molar-refractivity contribution in [3.05, 3.63) is 0 Å². The largest absolute Gasteiger partial charge is 0.365 e. The first kappa shape index (κ1) is 12.6. The van der Waals surface area contributed by atoms with Crippen LogP contribution in [0.5, 0.6) is 0 Å². The smallest absolute Gasteiger partial charge is 0.156 e. The van der Waals surface area contributed by atoms with Gasteiger partial charge in [0.05, 0.1) is 0 Å². The van der Waals surface area contributed by atoms with E-state index in [0.29, 0.717) is 5.41 Å². The minimum atomic E-state index is 0.578. The second-order valence-corrected chi connectivity index (χ2v) is 6.84. The number of nitrogens with zero attached hydrogens (tertiary/aromatic N) is 1. The molecular weight excluding hydrogens is 236 g/mol. The van der Waals surface area contributed by atoms with Gasteiger partial charge in [-0.05, 0) is 36.7 Å². The van der Waals surface area contributed by atoms with Gasteiger partial charge in [-0.25, -0.2) is 0 Å². The number of aliphatic imine (C=N–C) groups is 1. The Morgan fingerprint density at radius 3 is 2.88 bits per heavy atom. The van der Waals surface area contributed by atoms with Gasteiger partial charge in [-0.15, -0.1) is 0 Å². The summed E-state index contributed by atoms with van der Waals surface area (Å²) in [5, 5.41) is 4.66. The molecule has 1 aliphatic carbocycles. The van der Waals surface area contributed by atoms with E-state index in [1.165, 1.54) is 48.8 Å². The number of nitrogens with one attached hydrogen (secondary N) is 1. The summed E-state index contributed by atoms with van der Waals surface area (Å²) in [6.45, 7) is 2.16. The summed E-state index contributed by atoms with van der Waals surface area (Å²) in [7, 11) is 0. The van der Waals surface area contributed by atoms with Gasteiger partial charge in [0.15, 0.2) is 5.17 Å². The fourth-order valence-electron chi connectivity index (χ4n) is 2.50. The zero-order valence-electron chi connectivity index (χ0n) is 10.1. The van der Waals surface area contributed by atoms with Gasteiger partial charge in [-0.3, -0.25) is 4.99 Å². The minimum Gasteiger partial charge on any atom is -0.365 e. The lowest BCUT2D eigenvalue weighted by atomic mass is 9.89. The van der Waals surface area contributed by atoms with Crippen LogP contribution in [-0.2, 0) is 0 Å². The molecule has 0 aromatic heterocycles. The van der Waals surface area contributed by atoms with Crippen LogP contribution >= 0.6 is 23.5 Å². The molecule has 0 saturated heterocycles. The molecule has 16 heavy (non-hydrogen) atoms. The maximum Gasteiger partial charge on any atom is 0.156 e. The second-order valence-electron chi connectivity index (χ2n) is 4.89. The van der Waals surface area contributed by atoms with Crippen molar-refractivity contribution in [2.75, 3.05) is 30.9 Å². The van der Waals surface area contributed by atoms with Crippen LogP contribution in [0.2, 0.25) is 0 Å². The molecule has 4 heteroatoms. The van der Waals surface area contributed by atoms with Gasteiger partial charge in [0.2, 0.25) is 0 Å². The number of amidine groups is 1. The van der Waals surface area contributed by atoms with Gasteiger partial charge in [-0.1, -0.05) is 24.6 Å². The van der Waals surface area contributed by atoms with Crippen molar-refractivity contribution in [3.8, 4) is 0 Å². The van der Waals surface area contributed by atoms with Gasteiger partial charge in [0, 0.05) is 18.8 Å². The zero-order valence-corrected chi connectivity index (χ0v) is 11.8. The Morgan fingerprint density at radius 2 is 2.25 bits per heavy atom. The molecule has 0 aromatic rings. The van der Waals surface area contributed by atoms with Gasteiger partial charge in [0.25, 0.3) is 0 Å². The average Bonchev–Trinajstić information content (AvgIpc) is 2.76. The molecule has 1 N–H and O–H groups in total. The zero-order chi connectivity index (χ0) is 11.3. The van der Waals surface area contributed by atoms with E-state index in [9.17, 15) is 0 Å². The third kappa shape index (κ3) is 3.33. The van der Waals surface area contributed by atoms with Crippen LogP contribution in [0.1, 0.15) is 32.1 Å². The molecule has 1 saturated carbocycles. The molecule has 0 unspecified atom stereocenters. The van der Waals surface area contributed by atoms with Crippen molar-refractivity contribution >= 4 is 28.7 Å². The summed E-state index contributed by atoms with van der Waals surface area (Å²) in [4.78, 5) is 4.72. The lowest BCUT2D eigenvalue weighted by Crippen LogP contribution is -2.33. The van der Waals surface area contributed by atoms with Crippen molar-refractivity contribution in [2.24, 2.45) is 10.4 Å². The van der Waals surface area contributed by atoms with Crippen LogP contribution in [0.3, 0.4) is 0 Å². The summed E-state index contributed by atoms with van der Waals surface area (Å²) >= 11 is 3.87. The Morgan fingerprint density at radius 1 is 1.44 bits per heavy atom. The van der Waals surface area contributed by atoms with E-state index in [0.717, 1.165) is 13.1 Å². The maximum absolute atomic E-state index is 4.72. The van der Waals surface area contributed by atoms with Crippen LogP contribution in [-0.4, -0.2) is 36.0 Å². The molecule has 92 valence electrons. The third-order valence-electron chi connectivity index (χ3n) is 3.54. The molecule has 0 atom stereocenters. The lowest BCUT2D eigenvalue weighted by molar-refractivity contribution is 0.358. The molecule has 2 nitrogen and oxygen atoms in total. The predicted octanol–water partition coefficient (Wildman–Crippen LogP) is 2.99. The van der Waals surface area contributed by atoms with Crippen LogP contribution in [0.25, 0.3) is 0 Å². The van der Waals surface area contributed by atoms with E-state index in [4.69, 9.17) is 4.99 Å². The number of thioether (sulfide) groups is 2. The molecule has 0 radical (unpaired) electrons.